The first-order valence-electron chi connectivity index (χ1n) is 9.12. The minimum Gasteiger partial charge on any atom is -0.465 e. The molecule has 2 N–H and O–H groups in total. The number of benzene rings is 1. The standard InChI is InChI=1S/C21H20N4O4/c1-10-5-15(12(3)23-21(27)28)19-16(6-10)17(26)11(2)18(29-19)13-7-14-9-25(4)24-20(14)22-8-13/h5-9,12,23H,1-4H3,(H,27,28)/t12-/m1/s1. The number of aryl methyl sites for hydroxylation is 2. The minimum absolute atomic E-state index is 0.153. The summed E-state index contributed by atoms with van der Waals surface area (Å²) < 4.78 is 7.88. The molecule has 8 nitrogen and oxygen atoms in total. The third-order valence-corrected chi connectivity index (χ3v) is 4.93. The molecule has 1 amide bonds. The van der Waals surface area contributed by atoms with Crippen molar-refractivity contribution in [3.05, 3.63) is 57.5 Å². The number of hydrogen-bond donors (Lipinski definition) is 2. The van der Waals surface area contributed by atoms with Crippen molar-refractivity contribution in [3.63, 3.8) is 0 Å². The van der Waals surface area contributed by atoms with E-state index in [1.807, 2.05) is 32.3 Å². The van der Waals surface area contributed by atoms with Crippen LogP contribution in [0.3, 0.4) is 0 Å². The molecule has 0 unspecified atom stereocenters. The van der Waals surface area contributed by atoms with Gasteiger partial charge in [0.15, 0.2) is 11.1 Å². The molecule has 0 fully saturated rings. The summed E-state index contributed by atoms with van der Waals surface area (Å²) in [6, 6.07) is 4.91. The van der Waals surface area contributed by atoms with Crippen LogP contribution in [-0.2, 0) is 7.05 Å². The van der Waals surface area contributed by atoms with Crippen LogP contribution in [0.4, 0.5) is 4.79 Å². The van der Waals surface area contributed by atoms with E-state index in [4.69, 9.17) is 9.52 Å². The Bertz CT molecular complexity index is 1340. The van der Waals surface area contributed by atoms with Gasteiger partial charge in [-0.3, -0.25) is 9.48 Å². The molecule has 148 valence electrons. The quantitative estimate of drug-likeness (QED) is 0.550. The first-order chi connectivity index (χ1) is 13.7. The molecule has 0 aliphatic carbocycles. The second-order valence-corrected chi connectivity index (χ2v) is 7.23. The molecule has 0 aliphatic rings. The normalized spacial score (nSPS) is 12.4. The number of nitrogens with one attached hydrogen (secondary N) is 1. The molecule has 29 heavy (non-hydrogen) atoms. The van der Waals surface area contributed by atoms with Crippen LogP contribution in [0.2, 0.25) is 0 Å². The van der Waals surface area contributed by atoms with Crippen molar-refractivity contribution >= 4 is 28.1 Å². The van der Waals surface area contributed by atoms with E-state index >= 15 is 0 Å². The van der Waals surface area contributed by atoms with E-state index in [-0.39, 0.29) is 5.43 Å². The number of carbonyl (C=O) groups is 1. The van der Waals surface area contributed by atoms with Crippen LogP contribution in [-0.4, -0.2) is 26.0 Å². The first kappa shape index (κ1) is 18.7. The molecule has 0 saturated heterocycles. The Balaban J connectivity index is 1.99. The Morgan fingerprint density at radius 2 is 2.03 bits per heavy atom. The monoisotopic (exact) mass is 392 g/mol. The molecule has 4 aromatic rings. The van der Waals surface area contributed by atoms with Crippen molar-refractivity contribution in [1.82, 2.24) is 20.1 Å². The van der Waals surface area contributed by atoms with Gasteiger partial charge in [-0.2, -0.15) is 5.10 Å². The average molecular weight is 392 g/mol. The van der Waals surface area contributed by atoms with Gasteiger partial charge >= 0.3 is 6.09 Å². The van der Waals surface area contributed by atoms with Gasteiger partial charge in [-0.15, -0.1) is 0 Å². The van der Waals surface area contributed by atoms with Gasteiger partial charge in [-0.1, -0.05) is 6.07 Å². The Hall–Kier alpha value is -3.68. The number of pyridine rings is 1. The highest BCUT2D eigenvalue weighted by molar-refractivity contribution is 5.86. The largest absolute Gasteiger partial charge is 0.465 e. The van der Waals surface area contributed by atoms with E-state index in [2.05, 4.69) is 15.4 Å². The topological polar surface area (TPSA) is 110 Å². The molecular weight excluding hydrogens is 372 g/mol. The minimum atomic E-state index is -1.15. The van der Waals surface area contributed by atoms with Crippen LogP contribution in [0.1, 0.15) is 29.7 Å². The van der Waals surface area contributed by atoms with Gasteiger partial charge in [0.1, 0.15) is 11.3 Å². The Kier molecular flexibility index (Phi) is 4.34. The van der Waals surface area contributed by atoms with Crippen molar-refractivity contribution < 1.29 is 14.3 Å². The van der Waals surface area contributed by atoms with Crippen LogP contribution >= 0.6 is 0 Å². The fourth-order valence-corrected chi connectivity index (χ4v) is 3.58. The molecule has 0 aliphatic heterocycles. The van der Waals surface area contributed by atoms with E-state index < -0.39 is 12.1 Å². The van der Waals surface area contributed by atoms with Crippen molar-refractivity contribution in [1.29, 1.82) is 0 Å². The highest BCUT2D eigenvalue weighted by Gasteiger charge is 2.20. The SMILES string of the molecule is Cc1cc([C@@H](C)NC(=O)O)c2oc(-c3cnc4nn(C)cc4c3)c(C)c(=O)c2c1. The summed E-state index contributed by atoms with van der Waals surface area (Å²) in [6.45, 7) is 5.29. The fourth-order valence-electron chi connectivity index (χ4n) is 3.58. The highest BCUT2D eigenvalue weighted by Crippen LogP contribution is 2.31. The summed E-state index contributed by atoms with van der Waals surface area (Å²) in [5.41, 5.74) is 3.41. The van der Waals surface area contributed by atoms with Crippen molar-refractivity contribution in [2.24, 2.45) is 7.05 Å². The highest BCUT2D eigenvalue weighted by atomic mass is 16.4. The van der Waals surface area contributed by atoms with Gasteiger partial charge < -0.3 is 14.8 Å². The number of amides is 1. The maximum atomic E-state index is 13.1. The molecular formula is C21H20N4O4. The third kappa shape index (κ3) is 3.22. The first-order valence-corrected chi connectivity index (χ1v) is 9.12. The lowest BCUT2D eigenvalue weighted by molar-refractivity contribution is 0.191. The fraction of sp³-hybridized carbons (Fsp3) is 0.238. The van der Waals surface area contributed by atoms with E-state index in [0.29, 0.717) is 39.1 Å². The van der Waals surface area contributed by atoms with Gasteiger partial charge in [0.25, 0.3) is 0 Å². The second kappa shape index (κ2) is 6.73. The average Bonchev–Trinajstić information content (AvgIpc) is 3.03. The molecule has 0 spiro atoms. The smallest absolute Gasteiger partial charge is 0.405 e. The predicted octanol–water partition coefficient (Wildman–Crippen LogP) is 3.69. The second-order valence-electron chi connectivity index (χ2n) is 7.23. The van der Waals surface area contributed by atoms with Gasteiger partial charge in [-0.25, -0.2) is 9.78 Å². The molecule has 0 radical (unpaired) electrons. The number of carboxylic acid groups (broad SMARTS) is 1. The zero-order valence-electron chi connectivity index (χ0n) is 16.5. The molecule has 1 atom stereocenters. The summed E-state index contributed by atoms with van der Waals surface area (Å²) in [5.74, 6) is 0.411. The van der Waals surface area contributed by atoms with Crippen molar-refractivity contribution in [3.8, 4) is 11.3 Å². The predicted molar refractivity (Wildman–Crippen MR) is 109 cm³/mol. The summed E-state index contributed by atoms with van der Waals surface area (Å²) in [5, 5.41) is 17.0. The Morgan fingerprint density at radius 1 is 1.28 bits per heavy atom. The van der Waals surface area contributed by atoms with Crippen LogP contribution in [0, 0.1) is 13.8 Å². The molecule has 8 heteroatoms. The maximum absolute atomic E-state index is 13.1. The van der Waals surface area contributed by atoms with Crippen LogP contribution in [0.5, 0.6) is 0 Å². The number of fused-ring (bicyclic) bond motifs is 2. The lowest BCUT2D eigenvalue weighted by Gasteiger charge is -2.16. The summed E-state index contributed by atoms with van der Waals surface area (Å²) in [6.07, 6.45) is 2.32. The maximum Gasteiger partial charge on any atom is 0.405 e. The van der Waals surface area contributed by atoms with Gasteiger partial charge in [0.05, 0.1) is 11.4 Å². The number of nitrogens with zero attached hydrogens (tertiary/aromatic N) is 3. The van der Waals surface area contributed by atoms with Crippen molar-refractivity contribution in [2.45, 2.75) is 26.8 Å². The van der Waals surface area contributed by atoms with Gasteiger partial charge in [0, 0.05) is 41.5 Å². The molecule has 4 rings (SSSR count). The zero-order chi connectivity index (χ0) is 20.9. The van der Waals surface area contributed by atoms with Gasteiger partial charge in [-0.05, 0) is 38.5 Å². The molecule has 0 bridgehead atoms. The summed E-state index contributed by atoms with van der Waals surface area (Å²) in [7, 11) is 1.81. The lowest BCUT2D eigenvalue weighted by Crippen LogP contribution is -2.25. The molecule has 1 aromatic carbocycles. The van der Waals surface area contributed by atoms with Crippen molar-refractivity contribution in [2.75, 3.05) is 0 Å². The van der Waals surface area contributed by atoms with E-state index in [1.54, 1.807) is 30.8 Å². The Labute approximate surface area is 165 Å². The molecule has 3 heterocycles. The zero-order valence-corrected chi connectivity index (χ0v) is 16.5. The lowest BCUT2D eigenvalue weighted by atomic mass is 9.99. The number of hydrogen-bond acceptors (Lipinski definition) is 5. The molecule has 0 saturated carbocycles. The number of rotatable bonds is 3. The molecule has 3 aromatic heterocycles. The van der Waals surface area contributed by atoms with E-state index in [0.717, 1.165) is 10.9 Å². The summed E-state index contributed by atoms with van der Waals surface area (Å²) in [4.78, 5) is 28.6. The van der Waals surface area contributed by atoms with Crippen LogP contribution < -0.4 is 10.7 Å². The summed E-state index contributed by atoms with van der Waals surface area (Å²) >= 11 is 0. The van der Waals surface area contributed by atoms with E-state index in [1.165, 1.54) is 0 Å². The van der Waals surface area contributed by atoms with Crippen LogP contribution in [0.25, 0.3) is 33.3 Å². The number of aromatic nitrogens is 3. The van der Waals surface area contributed by atoms with Gasteiger partial charge in [0.2, 0.25) is 0 Å². The van der Waals surface area contributed by atoms with E-state index in [9.17, 15) is 9.59 Å². The third-order valence-electron chi connectivity index (χ3n) is 4.93. The Morgan fingerprint density at radius 3 is 2.76 bits per heavy atom. The van der Waals surface area contributed by atoms with Crippen LogP contribution in [0.15, 0.2) is 39.8 Å².